The van der Waals surface area contributed by atoms with Crippen LogP contribution in [0.4, 0.5) is 0 Å². The van der Waals surface area contributed by atoms with Crippen molar-refractivity contribution in [2.24, 2.45) is 0 Å². The molecule has 0 aliphatic carbocycles. The van der Waals surface area contributed by atoms with Crippen molar-refractivity contribution in [3.05, 3.63) is 105 Å². The van der Waals surface area contributed by atoms with Gasteiger partial charge in [0.25, 0.3) is 0 Å². The number of halogens is 2. The molecule has 3 aromatic rings. The van der Waals surface area contributed by atoms with Crippen molar-refractivity contribution >= 4 is 35.0 Å². The number of hydrogen-bond acceptors (Lipinski definition) is 2. The van der Waals surface area contributed by atoms with Gasteiger partial charge in [-0.05, 0) is 41.3 Å². The Morgan fingerprint density at radius 3 is 2.28 bits per heavy atom. The number of rotatable bonds is 8. The van der Waals surface area contributed by atoms with Gasteiger partial charge in [-0.3, -0.25) is 9.59 Å². The molecule has 3 aromatic carbocycles. The standard InChI is InChI=1S/C26H26Cl2N2O2/c1-18-8-6-7-11-21(18)17-30(25(31)15-20-12-13-22(27)16-23(20)28)24(26(32)29-2)14-19-9-4-3-5-10-19/h3-13,16,24H,14-15,17H2,1-2H3,(H,29,32). The average molecular weight is 469 g/mol. The first-order valence-corrected chi connectivity index (χ1v) is 11.2. The Hall–Kier alpha value is -2.82. The third-order valence-electron chi connectivity index (χ3n) is 5.48. The quantitative estimate of drug-likeness (QED) is 0.491. The number of aryl methyl sites for hydroxylation is 1. The lowest BCUT2D eigenvalue weighted by molar-refractivity contribution is -0.140. The summed E-state index contributed by atoms with van der Waals surface area (Å²) in [6, 6.07) is 22.0. The number of benzene rings is 3. The third-order valence-corrected chi connectivity index (χ3v) is 6.06. The fourth-order valence-corrected chi connectivity index (χ4v) is 4.10. The molecule has 32 heavy (non-hydrogen) atoms. The molecule has 1 N–H and O–H groups in total. The van der Waals surface area contributed by atoms with E-state index in [2.05, 4.69) is 5.32 Å². The van der Waals surface area contributed by atoms with E-state index in [9.17, 15) is 9.59 Å². The summed E-state index contributed by atoms with van der Waals surface area (Å²) in [6.07, 6.45) is 0.483. The van der Waals surface area contributed by atoms with Crippen LogP contribution in [0.1, 0.15) is 22.3 Å². The molecule has 6 heteroatoms. The number of nitrogens with one attached hydrogen (secondary N) is 1. The molecule has 166 valence electrons. The molecule has 0 aliphatic heterocycles. The van der Waals surface area contributed by atoms with Crippen LogP contribution in [0, 0.1) is 6.92 Å². The maximum absolute atomic E-state index is 13.6. The molecule has 2 amide bonds. The van der Waals surface area contributed by atoms with Crippen LogP contribution < -0.4 is 5.32 Å². The van der Waals surface area contributed by atoms with Crippen LogP contribution in [-0.4, -0.2) is 29.8 Å². The molecule has 1 unspecified atom stereocenters. The summed E-state index contributed by atoms with van der Waals surface area (Å²) in [6.45, 7) is 2.32. The van der Waals surface area contributed by atoms with Crippen molar-refractivity contribution in [2.45, 2.75) is 32.4 Å². The van der Waals surface area contributed by atoms with Crippen molar-refractivity contribution in [3.63, 3.8) is 0 Å². The molecule has 0 aliphatic rings. The van der Waals surface area contributed by atoms with Gasteiger partial charge in [-0.15, -0.1) is 0 Å². The number of amides is 2. The van der Waals surface area contributed by atoms with Gasteiger partial charge in [0.1, 0.15) is 6.04 Å². The molecule has 3 rings (SSSR count). The number of carbonyl (C=O) groups excluding carboxylic acids is 2. The van der Waals surface area contributed by atoms with E-state index in [0.717, 1.165) is 16.7 Å². The molecule has 0 radical (unpaired) electrons. The van der Waals surface area contributed by atoms with Gasteiger partial charge in [-0.1, -0.05) is 83.9 Å². The SMILES string of the molecule is CNC(=O)C(Cc1ccccc1)N(Cc1ccccc1C)C(=O)Cc1ccc(Cl)cc1Cl. The normalized spacial score (nSPS) is 11.6. The van der Waals surface area contributed by atoms with E-state index in [-0.39, 0.29) is 18.2 Å². The van der Waals surface area contributed by atoms with Gasteiger partial charge in [0.2, 0.25) is 11.8 Å². The van der Waals surface area contributed by atoms with Crippen LogP contribution in [0.25, 0.3) is 0 Å². The van der Waals surface area contributed by atoms with Crippen molar-refractivity contribution in [1.82, 2.24) is 10.2 Å². The van der Waals surface area contributed by atoms with Crippen molar-refractivity contribution < 1.29 is 9.59 Å². The van der Waals surface area contributed by atoms with E-state index in [1.807, 2.05) is 61.5 Å². The lowest BCUT2D eigenvalue weighted by Crippen LogP contribution is -2.50. The molecule has 0 heterocycles. The van der Waals surface area contributed by atoms with Gasteiger partial charge < -0.3 is 10.2 Å². The zero-order valence-electron chi connectivity index (χ0n) is 18.1. The second kappa shape index (κ2) is 11.2. The Bertz CT molecular complexity index is 1090. The first kappa shape index (κ1) is 23.8. The summed E-state index contributed by atoms with van der Waals surface area (Å²) >= 11 is 12.3. The third kappa shape index (κ3) is 6.12. The number of nitrogens with zero attached hydrogens (tertiary/aromatic N) is 1. The molecule has 1 atom stereocenters. The van der Waals surface area contributed by atoms with Crippen LogP contribution in [0.2, 0.25) is 10.0 Å². The molecule has 0 aromatic heterocycles. The minimum atomic E-state index is -0.666. The summed E-state index contributed by atoms with van der Waals surface area (Å²) in [7, 11) is 1.59. The van der Waals surface area contributed by atoms with Gasteiger partial charge in [-0.25, -0.2) is 0 Å². The van der Waals surface area contributed by atoms with Crippen molar-refractivity contribution in [3.8, 4) is 0 Å². The zero-order valence-corrected chi connectivity index (χ0v) is 19.7. The number of carbonyl (C=O) groups is 2. The predicted octanol–water partition coefficient (Wildman–Crippen LogP) is 5.23. The minimum absolute atomic E-state index is 0.0736. The summed E-state index contributed by atoms with van der Waals surface area (Å²) in [5, 5.41) is 3.67. The predicted molar refractivity (Wildman–Crippen MR) is 130 cm³/mol. The molecule has 0 spiro atoms. The summed E-state index contributed by atoms with van der Waals surface area (Å²) < 4.78 is 0. The monoisotopic (exact) mass is 468 g/mol. The van der Waals surface area contributed by atoms with Gasteiger partial charge in [0.05, 0.1) is 6.42 Å². The fourth-order valence-electron chi connectivity index (χ4n) is 3.62. The Morgan fingerprint density at radius 2 is 1.62 bits per heavy atom. The molecular weight excluding hydrogens is 443 g/mol. The smallest absolute Gasteiger partial charge is 0.242 e. The highest BCUT2D eigenvalue weighted by Crippen LogP contribution is 2.24. The van der Waals surface area contributed by atoms with E-state index in [0.29, 0.717) is 28.6 Å². The number of likely N-dealkylation sites (N-methyl/N-ethyl adjacent to an activating group) is 1. The van der Waals surface area contributed by atoms with Crippen molar-refractivity contribution in [2.75, 3.05) is 7.05 Å². The summed E-state index contributed by atoms with van der Waals surface area (Å²) in [5.74, 6) is -0.389. The van der Waals surface area contributed by atoms with E-state index in [1.54, 1.807) is 30.1 Å². The van der Waals surface area contributed by atoms with E-state index < -0.39 is 6.04 Å². The molecule has 0 bridgehead atoms. The highest BCUT2D eigenvalue weighted by molar-refractivity contribution is 6.35. The maximum atomic E-state index is 13.6. The second-order valence-corrected chi connectivity index (χ2v) is 8.52. The lowest BCUT2D eigenvalue weighted by atomic mass is 10.0. The van der Waals surface area contributed by atoms with Gasteiger partial charge in [-0.2, -0.15) is 0 Å². The van der Waals surface area contributed by atoms with Crippen LogP contribution in [0.3, 0.4) is 0 Å². The van der Waals surface area contributed by atoms with E-state index in [4.69, 9.17) is 23.2 Å². The molecule has 4 nitrogen and oxygen atoms in total. The molecule has 0 saturated heterocycles. The number of hydrogen-bond donors (Lipinski definition) is 1. The Kier molecular flexibility index (Phi) is 8.32. The lowest BCUT2D eigenvalue weighted by Gasteiger charge is -2.32. The summed E-state index contributed by atoms with van der Waals surface area (Å²) in [5.41, 5.74) is 3.70. The summed E-state index contributed by atoms with van der Waals surface area (Å²) in [4.78, 5) is 28.2. The van der Waals surface area contributed by atoms with E-state index in [1.165, 1.54) is 0 Å². The second-order valence-electron chi connectivity index (χ2n) is 7.68. The Balaban J connectivity index is 1.97. The first-order chi connectivity index (χ1) is 15.4. The zero-order chi connectivity index (χ0) is 23.1. The molecule has 0 fully saturated rings. The van der Waals surface area contributed by atoms with Gasteiger partial charge in [0, 0.05) is 30.1 Å². The van der Waals surface area contributed by atoms with Crippen LogP contribution in [-0.2, 0) is 29.0 Å². The van der Waals surface area contributed by atoms with Crippen molar-refractivity contribution in [1.29, 1.82) is 0 Å². The van der Waals surface area contributed by atoms with Gasteiger partial charge in [0.15, 0.2) is 0 Å². The average Bonchev–Trinajstić information content (AvgIpc) is 2.79. The molecule has 0 saturated carbocycles. The highest BCUT2D eigenvalue weighted by atomic mass is 35.5. The van der Waals surface area contributed by atoms with Crippen LogP contribution in [0.15, 0.2) is 72.8 Å². The van der Waals surface area contributed by atoms with E-state index >= 15 is 0 Å². The Labute approximate surface area is 199 Å². The Morgan fingerprint density at radius 1 is 0.938 bits per heavy atom. The topological polar surface area (TPSA) is 49.4 Å². The molecular formula is C26H26Cl2N2O2. The van der Waals surface area contributed by atoms with Gasteiger partial charge >= 0.3 is 0 Å². The first-order valence-electron chi connectivity index (χ1n) is 10.4. The minimum Gasteiger partial charge on any atom is -0.357 e. The maximum Gasteiger partial charge on any atom is 0.242 e. The fraction of sp³-hybridized carbons (Fsp3) is 0.231. The van der Waals surface area contributed by atoms with Crippen LogP contribution in [0.5, 0.6) is 0 Å². The van der Waals surface area contributed by atoms with Crippen LogP contribution >= 0.6 is 23.2 Å². The largest absolute Gasteiger partial charge is 0.357 e. The highest BCUT2D eigenvalue weighted by Gasteiger charge is 2.30.